The van der Waals surface area contributed by atoms with Gasteiger partial charge in [-0.3, -0.25) is 0 Å². The minimum Gasteiger partial charge on any atom is -0.492 e. The van der Waals surface area contributed by atoms with Crippen molar-refractivity contribution in [3.8, 4) is 5.75 Å². The molecule has 3 aromatic rings. The molecule has 0 radical (unpaired) electrons. The van der Waals surface area contributed by atoms with Crippen molar-refractivity contribution in [3.05, 3.63) is 83.7 Å². The highest BCUT2D eigenvalue weighted by Crippen LogP contribution is 2.21. The zero-order valence-electron chi connectivity index (χ0n) is 15.9. The van der Waals surface area contributed by atoms with E-state index < -0.39 is 6.04 Å². The molecule has 2 aromatic carbocycles. The molecule has 0 fully saturated rings. The fourth-order valence-electron chi connectivity index (χ4n) is 2.86. The van der Waals surface area contributed by atoms with Crippen LogP contribution in [0.5, 0.6) is 5.75 Å². The Kier molecular flexibility index (Phi) is 6.26. The van der Waals surface area contributed by atoms with E-state index in [1.165, 1.54) is 12.1 Å². The zero-order valence-corrected chi connectivity index (χ0v) is 15.9. The van der Waals surface area contributed by atoms with Crippen molar-refractivity contribution in [3.63, 3.8) is 0 Å². The lowest BCUT2D eigenvalue weighted by molar-refractivity contribution is 0.233. The zero-order chi connectivity index (χ0) is 19.9. The summed E-state index contributed by atoms with van der Waals surface area (Å²) in [6, 6.07) is 12.9. The van der Waals surface area contributed by atoms with Crippen LogP contribution in [0.4, 0.5) is 9.18 Å². The Labute approximate surface area is 163 Å². The van der Waals surface area contributed by atoms with Crippen molar-refractivity contribution < 1.29 is 13.9 Å². The Morgan fingerprint density at radius 1 is 1.25 bits per heavy atom. The number of halogens is 1. The van der Waals surface area contributed by atoms with E-state index in [1.807, 2.05) is 38.2 Å². The smallest absolute Gasteiger partial charge is 0.315 e. The number of carbonyl (C=O) groups is 1. The van der Waals surface area contributed by atoms with E-state index in [-0.39, 0.29) is 11.8 Å². The van der Waals surface area contributed by atoms with Crippen molar-refractivity contribution in [2.24, 2.45) is 7.05 Å². The maximum atomic E-state index is 13.7. The van der Waals surface area contributed by atoms with Crippen LogP contribution in [0.1, 0.15) is 23.0 Å². The van der Waals surface area contributed by atoms with Crippen molar-refractivity contribution in [1.29, 1.82) is 0 Å². The molecule has 0 aliphatic heterocycles. The Bertz CT molecular complexity index is 941. The first-order valence-corrected chi connectivity index (χ1v) is 8.99. The first-order valence-electron chi connectivity index (χ1n) is 8.99. The molecule has 0 bridgehead atoms. The predicted molar refractivity (Wildman–Crippen MR) is 105 cm³/mol. The molecule has 2 amide bonds. The van der Waals surface area contributed by atoms with E-state index in [0.29, 0.717) is 24.5 Å². The lowest BCUT2D eigenvalue weighted by Gasteiger charge is -2.19. The van der Waals surface area contributed by atoms with Gasteiger partial charge in [0.05, 0.1) is 6.54 Å². The molecule has 1 heterocycles. The highest BCUT2D eigenvalue weighted by molar-refractivity contribution is 5.74. The molecule has 0 spiro atoms. The Balaban J connectivity index is 1.59. The van der Waals surface area contributed by atoms with Gasteiger partial charge in [-0.05, 0) is 42.3 Å². The number of urea groups is 1. The lowest BCUT2D eigenvalue weighted by atomic mass is 10.1. The quantitative estimate of drug-likeness (QED) is 0.616. The van der Waals surface area contributed by atoms with Gasteiger partial charge in [0.1, 0.15) is 30.0 Å². The Morgan fingerprint density at radius 3 is 2.79 bits per heavy atom. The number of imidazole rings is 1. The summed E-state index contributed by atoms with van der Waals surface area (Å²) in [4.78, 5) is 16.7. The molecule has 146 valence electrons. The molecular formula is C21H23FN4O2. The van der Waals surface area contributed by atoms with Crippen LogP contribution < -0.4 is 15.4 Å². The first kappa shape index (κ1) is 19.4. The van der Waals surface area contributed by atoms with Crippen LogP contribution in [0.2, 0.25) is 0 Å². The minimum absolute atomic E-state index is 0.330. The molecule has 1 aromatic heterocycles. The standard InChI is InChI=1S/C21H23FN4O2/c1-15-5-3-8-18(13-15)28-12-10-24-21(27)25-19(20-23-9-11-26(20)2)16-6-4-7-17(22)14-16/h3-9,11,13-14,19H,10,12H2,1-2H3,(H2,24,25,27)/t19-/m0/s1. The number of hydrogen-bond acceptors (Lipinski definition) is 3. The second-order valence-corrected chi connectivity index (χ2v) is 6.45. The summed E-state index contributed by atoms with van der Waals surface area (Å²) in [5.74, 6) is 0.995. The predicted octanol–water partition coefficient (Wildman–Crippen LogP) is 3.34. The minimum atomic E-state index is -0.576. The fourth-order valence-corrected chi connectivity index (χ4v) is 2.86. The van der Waals surface area contributed by atoms with Crippen LogP contribution in [0, 0.1) is 12.7 Å². The van der Waals surface area contributed by atoms with Crippen LogP contribution in [0.25, 0.3) is 0 Å². The van der Waals surface area contributed by atoms with E-state index in [9.17, 15) is 9.18 Å². The van der Waals surface area contributed by atoms with Gasteiger partial charge in [0, 0.05) is 19.4 Å². The third-order valence-electron chi connectivity index (χ3n) is 4.22. The van der Waals surface area contributed by atoms with Crippen LogP contribution in [0.15, 0.2) is 60.9 Å². The largest absolute Gasteiger partial charge is 0.492 e. The topological polar surface area (TPSA) is 68.2 Å². The molecule has 2 N–H and O–H groups in total. The van der Waals surface area contributed by atoms with E-state index in [0.717, 1.165) is 11.3 Å². The summed E-state index contributed by atoms with van der Waals surface area (Å²) in [5.41, 5.74) is 1.72. The van der Waals surface area contributed by atoms with Gasteiger partial charge in [-0.2, -0.15) is 0 Å². The first-order chi connectivity index (χ1) is 13.5. The number of amides is 2. The monoisotopic (exact) mass is 382 g/mol. The van der Waals surface area contributed by atoms with Crippen LogP contribution >= 0.6 is 0 Å². The van der Waals surface area contributed by atoms with Gasteiger partial charge < -0.3 is 19.9 Å². The van der Waals surface area contributed by atoms with Gasteiger partial charge in [-0.25, -0.2) is 14.2 Å². The molecule has 6 nitrogen and oxygen atoms in total. The summed E-state index contributed by atoms with van der Waals surface area (Å²) >= 11 is 0. The molecule has 7 heteroatoms. The van der Waals surface area contributed by atoms with Crippen LogP contribution in [-0.2, 0) is 7.05 Å². The number of aryl methyl sites for hydroxylation is 2. The Morgan fingerprint density at radius 2 is 2.07 bits per heavy atom. The number of carbonyl (C=O) groups excluding carboxylic acids is 1. The number of aromatic nitrogens is 2. The van der Waals surface area contributed by atoms with E-state index in [4.69, 9.17) is 4.74 Å². The third-order valence-corrected chi connectivity index (χ3v) is 4.22. The maximum Gasteiger partial charge on any atom is 0.315 e. The number of benzene rings is 2. The lowest BCUT2D eigenvalue weighted by Crippen LogP contribution is -2.40. The fraction of sp³-hybridized carbons (Fsp3) is 0.238. The van der Waals surface area contributed by atoms with Gasteiger partial charge in [0.2, 0.25) is 0 Å². The molecule has 28 heavy (non-hydrogen) atoms. The normalized spacial score (nSPS) is 11.7. The molecular weight excluding hydrogens is 359 g/mol. The summed E-state index contributed by atoms with van der Waals surface area (Å²) in [5, 5.41) is 5.61. The number of nitrogens with one attached hydrogen (secondary N) is 2. The number of ether oxygens (including phenoxy) is 1. The third kappa shape index (κ3) is 5.09. The molecule has 0 saturated heterocycles. The highest BCUT2D eigenvalue weighted by Gasteiger charge is 2.21. The second kappa shape index (κ2) is 9.03. The number of rotatable bonds is 7. The summed E-state index contributed by atoms with van der Waals surface area (Å²) in [6.07, 6.45) is 3.41. The average molecular weight is 382 g/mol. The Hall–Kier alpha value is -3.35. The van der Waals surface area contributed by atoms with Crippen LogP contribution in [-0.4, -0.2) is 28.7 Å². The van der Waals surface area contributed by atoms with E-state index >= 15 is 0 Å². The molecule has 0 unspecified atom stereocenters. The SMILES string of the molecule is Cc1cccc(OCCNC(=O)N[C@@H](c2cccc(F)c2)c2nccn2C)c1. The maximum absolute atomic E-state index is 13.7. The van der Waals surface area contributed by atoms with E-state index in [1.54, 1.807) is 29.1 Å². The summed E-state index contributed by atoms with van der Waals surface area (Å²) < 4.78 is 21.1. The second-order valence-electron chi connectivity index (χ2n) is 6.45. The van der Waals surface area contributed by atoms with Gasteiger partial charge in [0.15, 0.2) is 0 Å². The van der Waals surface area contributed by atoms with Crippen molar-refractivity contribution in [1.82, 2.24) is 20.2 Å². The van der Waals surface area contributed by atoms with E-state index in [2.05, 4.69) is 15.6 Å². The van der Waals surface area contributed by atoms with Crippen LogP contribution in [0.3, 0.4) is 0 Å². The van der Waals surface area contributed by atoms with Gasteiger partial charge >= 0.3 is 6.03 Å². The van der Waals surface area contributed by atoms with Crippen molar-refractivity contribution in [2.75, 3.05) is 13.2 Å². The van der Waals surface area contributed by atoms with Gasteiger partial charge in [-0.15, -0.1) is 0 Å². The van der Waals surface area contributed by atoms with Gasteiger partial charge in [0.25, 0.3) is 0 Å². The number of hydrogen-bond donors (Lipinski definition) is 2. The van der Waals surface area contributed by atoms with Crippen molar-refractivity contribution >= 4 is 6.03 Å². The van der Waals surface area contributed by atoms with Crippen molar-refractivity contribution in [2.45, 2.75) is 13.0 Å². The molecule has 0 aliphatic carbocycles. The average Bonchev–Trinajstić information content (AvgIpc) is 3.09. The summed E-state index contributed by atoms with van der Waals surface area (Å²) in [6.45, 7) is 2.66. The molecule has 0 aliphatic rings. The number of nitrogens with zero attached hydrogens (tertiary/aromatic N) is 2. The molecule has 0 saturated carbocycles. The highest BCUT2D eigenvalue weighted by atomic mass is 19.1. The molecule has 1 atom stereocenters. The molecule has 3 rings (SSSR count). The van der Waals surface area contributed by atoms with Gasteiger partial charge in [-0.1, -0.05) is 24.3 Å². The summed E-state index contributed by atoms with van der Waals surface area (Å²) in [7, 11) is 1.82.